The normalized spacial score (nSPS) is 11.0. The summed E-state index contributed by atoms with van der Waals surface area (Å²) in [6.07, 6.45) is 0. The summed E-state index contributed by atoms with van der Waals surface area (Å²) in [6.45, 7) is 1.85. The molecule has 0 spiro atoms. The fourth-order valence-corrected chi connectivity index (χ4v) is 2.90. The highest BCUT2D eigenvalue weighted by Gasteiger charge is 2.18. The first-order valence-electron chi connectivity index (χ1n) is 6.93. The van der Waals surface area contributed by atoms with Crippen LogP contribution < -0.4 is 19.9 Å². The van der Waals surface area contributed by atoms with Crippen molar-refractivity contribution in [3.8, 4) is 11.5 Å². The molecule has 0 unspecified atom stereocenters. The molecule has 0 heterocycles. The van der Waals surface area contributed by atoms with E-state index in [1.54, 1.807) is 12.1 Å². The van der Waals surface area contributed by atoms with Gasteiger partial charge in [-0.25, -0.2) is 13.6 Å². The highest BCUT2D eigenvalue weighted by Crippen LogP contribution is 2.27. The Morgan fingerprint density at radius 2 is 1.67 bits per heavy atom. The summed E-state index contributed by atoms with van der Waals surface area (Å²) in [5.41, 5.74) is 1.50. The van der Waals surface area contributed by atoms with Gasteiger partial charge in [0.2, 0.25) is 10.0 Å². The molecule has 0 fully saturated rings. The lowest BCUT2D eigenvalue weighted by molar-refractivity contribution is 0.102. The van der Waals surface area contributed by atoms with Crippen LogP contribution in [0.3, 0.4) is 0 Å². The molecule has 1 amide bonds. The van der Waals surface area contributed by atoms with E-state index in [9.17, 15) is 13.2 Å². The zero-order valence-corrected chi connectivity index (χ0v) is 14.3. The quantitative estimate of drug-likeness (QED) is 0.856. The molecule has 0 saturated carbocycles. The summed E-state index contributed by atoms with van der Waals surface area (Å²) in [6, 6.07) is 9.37. The first kappa shape index (κ1) is 17.8. The Balaban J connectivity index is 2.38. The van der Waals surface area contributed by atoms with Crippen LogP contribution >= 0.6 is 0 Å². The van der Waals surface area contributed by atoms with Crippen LogP contribution in [0.5, 0.6) is 11.5 Å². The van der Waals surface area contributed by atoms with Gasteiger partial charge in [0.25, 0.3) is 5.91 Å². The van der Waals surface area contributed by atoms with Gasteiger partial charge in [0.15, 0.2) is 0 Å². The van der Waals surface area contributed by atoms with Crippen molar-refractivity contribution in [3.63, 3.8) is 0 Å². The van der Waals surface area contributed by atoms with Crippen molar-refractivity contribution in [2.24, 2.45) is 5.14 Å². The minimum atomic E-state index is -3.99. The van der Waals surface area contributed by atoms with E-state index in [0.29, 0.717) is 11.3 Å². The maximum atomic E-state index is 12.5. The van der Waals surface area contributed by atoms with Gasteiger partial charge in [-0.1, -0.05) is 11.6 Å². The van der Waals surface area contributed by atoms with Crippen LogP contribution in [0, 0.1) is 6.92 Å². The van der Waals surface area contributed by atoms with Crippen LogP contribution in [0.2, 0.25) is 0 Å². The lowest BCUT2D eigenvalue weighted by Crippen LogP contribution is -2.16. The van der Waals surface area contributed by atoms with E-state index in [-0.39, 0.29) is 16.3 Å². The fraction of sp³-hybridized carbons (Fsp3) is 0.188. The van der Waals surface area contributed by atoms with Gasteiger partial charge in [-0.3, -0.25) is 4.79 Å². The maximum Gasteiger partial charge on any atom is 0.259 e. The number of rotatable bonds is 5. The number of nitrogens with two attached hydrogens (primary N) is 1. The van der Waals surface area contributed by atoms with Gasteiger partial charge >= 0.3 is 0 Å². The van der Waals surface area contributed by atoms with Crippen molar-refractivity contribution in [2.75, 3.05) is 19.5 Å². The molecule has 0 saturated heterocycles. The number of amides is 1. The molecule has 0 atom stereocenters. The Bertz CT molecular complexity index is 878. The number of nitrogens with one attached hydrogen (secondary N) is 1. The number of anilines is 1. The molecule has 128 valence electrons. The van der Waals surface area contributed by atoms with Crippen molar-refractivity contribution >= 4 is 21.6 Å². The minimum Gasteiger partial charge on any atom is -0.496 e. The van der Waals surface area contributed by atoms with E-state index in [0.717, 1.165) is 5.56 Å². The number of benzene rings is 2. The summed E-state index contributed by atoms with van der Waals surface area (Å²) in [4.78, 5) is 12.2. The smallest absolute Gasteiger partial charge is 0.259 e. The molecule has 3 N–H and O–H groups in total. The lowest BCUT2D eigenvalue weighted by Gasteiger charge is -2.12. The number of sulfonamides is 1. The van der Waals surface area contributed by atoms with Gasteiger partial charge in [0.1, 0.15) is 16.4 Å². The van der Waals surface area contributed by atoms with Crippen molar-refractivity contribution in [2.45, 2.75) is 11.8 Å². The van der Waals surface area contributed by atoms with Gasteiger partial charge in [0, 0.05) is 5.69 Å². The zero-order valence-electron chi connectivity index (χ0n) is 13.5. The van der Waals surface area contributed by atoms with Crippen LogP contribution in [-0.4, -0.2) is 28.5 Å². The number of primary sulfonamides is 1. The number of hydrogen-bond donors (Lipinski definition) is 2. The molecule has 0 bridgehead atoms. The Morgan fingerprint density at radius 3 is 2.25 bits per heavy atom. The number of carbonyl (C=O) groups is 1. The summed E-state index contributed by atoms with van der Waals surface area (Å²) in [5.74, 6) is 0.0861. The molecule has 0 aliphatic carbocycles. The highest BCUT2D eigenvalue weighted by atomic mass is 32.2. The second-order valence-electron chi connectivity index (χ2n) is 5.07. The van der Waals surface area contributed by atoms with Crippen LogP contribution in [0.15, 0.2) is 41.3 Å². The molecule has 2 aromatic rings. The average Bonchev–Trinajstić information content (AvgIpc) is 2.53. The first-order chi connectivity index (χ1) is 11.3. The van der Waals surface area contributed by atoms with Gasteiger partial charge in [0.05, 0.1) is 19.8 Å². The van der Waals surface area contributed by atoms with E-state index in [2.05, 4.69) is 5.32 Å². The average molecular weight is 350 g/mol. The minimum absolute atomic E-state index is 0.101. The summed E-state index contributed by atoms with van der Waals surface area (Å²) in [5, 5.41) is 7.80. The predicted octanol–water partition coefficient (Wildman–Crippen LogP) is 1.91. The molecule has 0 radical (unpaired) electrons. The summed E-state index contributed by atoms with van der Waals surface area (Å²) < 4.78 is 33.4. The van der Waals surface area contributed by atoms with Crippen LogP contribution in [-0.2, 0) is 10.0 Å². The lowest BCUT2D eigenvalue weighted by atomic mass is 10.1. The second-order valence-corrected chi connectivity index (χ2v) is 6.60. The monoisotopic (exact) mass is 350 g/mol. The van der Waals surface area contributed by atoms with Crippen molar-refractivity contribution in [3.05, 3.63) is 47.5 Å². The molecular weight excluding hydrogens is 332 g/mol. The molecular formula is C16H18N2O5S. The van der Waals surface area contributed by atoms with E-state index in [1.165, 1.54) is 32.4 Å². The van der Waals surface area contributed by atoms with E-state index >= 15 is 0 Å². The van der Waals surface area contributed by atoms with Crippen molar-refractivity contribution in [1.82, 2.24) is 0 Å². The number of methoxy groups -OCH3 is 2. The first-order valence-corrected chi connectivity index (χ1v) is 8.47. The van der Waals surface area contributed by atoms with Crippen LogP contribution in [0.25, 0.3) is 0 Å². The van der Waals surface area contributed by atoms with Gasteiger partial charge in [-0.05, 0) is 37.3 Å². The van der Waals surface area contributed by atoms with Gasteiger partial charge in [-0.15, -0.1) is 0 Å². The Labute approximate surface area is 140 Å². The van der Waals surface area contributed by atoms with Crippen LogP contribution in [0.4, 0.5) is 5.69 Å². The van der Waals surface area contributed by atoms with Gasteiger partial charge < -0.3 is 14.8 Å². The number of hydrogen-bond acceptors (Lipinski definition) is 5. The van der Waals surface area contributed by atoms with E-state index in [1.807, 2.05) is 13.0 Å². The van der Waals surface area contributed by atoms with Crippen molar-refractivity contribution < 1.29 is 22.7 Å². The Kier molecular flexibility index (Phi) is 5.10. The van der Waals surface area contributed by atoms with Crippen molar-refractivity contribution in [1.29, 1.82) is 0 Å². The molecule has 2 rings (SSSR count). The molecule has 0 aliphatic heterocycles. The zero-order chi connectivity index (χ0) is 17.9. The van der Waals surface area contributed by atoms with E-state index in [4.69, 9.17) is 14.6 Å². The third-order valence-electron chi connectivity index (χ3n) is 3.33. The standard InChI is InChI=1S/C16H18N2O5S/c1-10-4-6-13(22-2)12(8-10)16(19)18-11-5-7-14(23-3)15(9-11)24(17,20)21/h4-9H,1-3H3,(H,18,19)(H2,17,20,21). The molecule has 8 heteroatoms. The van der Waals surface area contributed by atoms with Gasteiger partial charge in [-0.2, -0.15) is 0 Å². The summed E-state index contributed by atoms with van der Waals surface area (Å²) >= 11 is 0. The van der Waals surface area contributed by atoms with Crippen LogP contribution in [0.1, 0.15) is 15.9 Å². The molecule has 2 aromatic carbocycles. The summed E-state index contributed by atoms with van der Waals surface area (Å²) in [7, 11) is -1.19. The molecule has 0 aromatic heterocycles. The van der Waals surface area contributed by atoms with E-state index < -0.39 is 15.9 Å². The Hall–Kier alpha value is -2.58. The second kappa shape index (κ2) is 6.90. The number of aryl methyl sites for hydroxylation is 1. The largest absolute Gasteiger partial charge is 0.496 e. The predicted molar refractivity (Wildman–Crippen MR) is 90.1 cm³/mol. The third-order valence-corrected chi connectivity index (χ3v) is 4.26. The molecule has 7 nitrogen and oxygen atoms in total. The highest BCUT2D eigenvalue weighted by molar-refractivity contribution is 7.89. The number of carbonyl (C=O) groups excluding carboxylic acids is 1. The Morgan fingerprint density at radius 1 is 1.04 bits per heavy atom. The molecule has 0 aliphatic rings. The maximum absolute atomic E-state index is 12.5. The fourth-order valence-electron chi connectivity index (χ4n) is 2.17. The topological polar surface area (TPSA) is 108 Å². The third kappa shape index (κ3) is 3.84. The number of ether oxygens (including phenoxy) is 2. The SMILES string of the molecule is COc1ccc(C)cc1C(=O)Nc1ccc(OC)c(S(N)(=O)=O)c1. The molecule has 24 heavy (non-hydrogen) atoms.